The standard InChI is InChI=1S/C21H21F2N3O4/c22-21(23)7-15(8-21)24-19(28)18-14-6-13(16-2-1-3-17(27)26(16)18)9-25(10-14)20(29)12-4-5-30-11-12/h1-5,11,13-15,18H,6-10H2,(H,24,28)/t13-,14+,18-/m1/s1. The molecule has 9 heteroatoms. The van der Waals surface area contributed by atoms with Gasteiger partial charge in [0.1, 0.15) is 12.3 Å². The van der Waals surface area contributed by atoms with E-state index in [4.69, 9.17) is 4.42 Å². The van der Waals surface area contributed by atoms with E-state index in [1.54, 1.807) is 23.1 Å². The lowest BCUT2D eigenvalue weighted by molar-refractivity contribution is -0.135. The van der Waals surface area contributed by atoms with Gasteiger partial charge in [0.15, 0.2) is 0 Å². The first-order valence-corrected chi connectivity index (χ1v) is 10.0. The van der Waals surface area contributed by atoms with Crippen LogP contribution in [0.15, 0.2) is 46.0 Å². The average Bonchev–Trinajstić information content (AvgIpc) is 3.21. The lowest BCUT2D eigenvalue weighted by atomic mass is 9.77. The van der Waals surface area contributed by atoms with Crippen molar-refractivity contribution in [2.75, 3.05) is 13.1 Å². The SMILES string of the molecule is O=C(NC1CC(F)(F)C1)[C@H]1[C@H]2C[C@H](CN(C(=O)c3ccoc3)C2)c2cccc(=O)n21. The Bertz CT molecular complexity index is 1040. The quantitative estimate of drug-likeness (QED) is 0.830. The molecule has 2 aliphatic heterocycles. The van der Waals surface area contributed by atoms with Crippen molar-refractivity contribution < 1.29 is 22.8 Å². The van der Waals surface area contributed by atoms with Crippen molar-refractivity contribution >= 4 is 11.8 Å². The Kier molecular flexibility index (Phi) is 4.30. The first kappa shape index (κ1) is 19.0. The normalized spacial score (nSPS) is 27.1. The number of carbonyl (C=O) groups excluding carboxylic acids is 2. The average molecular weight is 417 g/mol. The Balaban J connectivity index is 1.46. The number of hydrogen-bond donors (Lipinski definition) is 1. The summed E-state index contributed by atoms with van der Waals surface area (Å²) < 4.78 is 32.9. The number of fused-ring (bicyclic) bond motifs is 4. The summed E-state index contributed by atoms with van der Waals surface area (Å²) >= 11 is 0. The first-order chi connectivity index (χ1) is 14.3. The van der Waals surface area contributed by atoms with Crippen molar-refractivity contribution in [2.45, 2.75) is 43.2 Å². The van der Waals surface area contributed by atoms with E-state index < -0.39 is 23.9 Å². The Morgan fingerprint density at radius 3 is 2.67 bits per heavy atom. The van der Waals surface area contributed by atoms with Crippen molar-refractivity contribution in [3.05, 3.63) is 58.4 Å². The maximum Gasteiger partial charge on any atom is 0.257 e. The molecule has 30 heavy (non-hydrogen) atoms. The number of aromatic nitrogens is 1. The van der Waals surface area contributed by atoms with Crippen molar-refractivity contribution in [2.24, 2.45) is 5.92 Å². The van der Waals surface area contributed by atoms with E-state index in [1.165, 1.54) is 23.2 Å². The molecule has 0 aromatic carbocycles. The number of likely N-dealkylation sites (tertiary alicyclic amines) is 1. The molecule has 0 radical (unpaired) electrons. The van der Waals surface area contributed by atoms with Crippen LogP contribution in [-0.2, 0) is 4.79 Å². The summed E-state index contributed by atoms with van der Waals surface area (Å²) in [5.74, 6) is -3.74. The summed E-state index contributed by atoms with van der Waals surface area (Å²) in [6.07, 6.45) is 2.68. The number of pyridine rings is 1. The van der Waals surface area contributed by atoms with Gasteiger partial charge in [0, 0.05) is 55.6 Å². The number of rotatable bonds is 3. The maximum atomic E-state index is 13.2. The topological polar surface area (TPSA) is 84.6 Å². The van der Waals surface area contributed by atoms with Gasteiger partial charge >= 0.3 is 0 Å². The molecule has 0 unspecified atom stereocenters. The third-order valence-corrected chi connectivity index (χ3v) is 6.41. The van der Waals surface area contributed by atoms with Gasteiger partial charge in [0.2, 0.25) is 5.91 Å². The van der Waals surface area contributed by atoms with Crippen LogP contribution in [0.25, 0.3) is 0 Å². The molecule has 2 bridgehead atoms. The van der Waals surface area contributed by atoms with Crippen LogP contribution in [0.5, 0.6) is 0 Å². The van der Waals surface area contributed by atoms with E-state index in [1.807, 2.05) is 0 Å². The highest BCUT2D eigenvalue weighted by Crippen LogP contribution is 2.42. The number of carbonyl (C=O) groups is 2. The summed E-state index contributed by atoms with van der Waals surface area (Å²) in [5, 5.41) is 2.69. The lowest BCUT2D eigenvalue weighted by Crippen LogP contribution is -2.57. The van der Waals surface area contributed by atoms with E-state index in [0.717, 1.165) is 0 Å². The van der Waals surface area contributed by atoms with Crippen LogP contribution in [0.1, 0.15) is 47.3 Å². The molecule has 7 nitrogen and oxygen atoms in total. The number of hydrogen-bond acceptors (Lipinski definition) is 4. The Morgan fingerprint density at radius 2 is 1.97 bits per heavy atom. The fraction of sp³-hybridized carbons (Fsp3) is 0.476. The van der Waals surface area contributed by atoms with Gasteiger partial charge in [-0.25, -0.2) is 8.78 Å². The molecule has 1 aliphatic carbocycles. The molecule has 2 fully saturated rings. The molecule has 158 valence electrons. The molecule has 3 atom stereocenters. The number of piperidine rings is 1. The zero-order chi connectivity index (χ0) is 21.0. The van der Waals surface area contributed by atoms with Crippen molar-refractivity contribution in [1.82, 2.24) is 14.8 Å². The largest absolute Gasteiger partial charge is 0.472 e. The molecule has 2 amide bonds. The summed E-state index contributed by atoms with van der Waals surface area (Å²) in [7, 11) is 0. The van der Waals surface area contributed by atoms with E-state index in [2.05, 4.69) is 5.32 Å². The Labute approximate surface area is 170 Å². The lowest BCUT2D eigenvalue weighted by Gasteiger charge is -2.47. The van der Waals surface area contributed by atoms with Crippen LogP contribution >= 0.6 is 0 Å². The fourth-order valence-electron chi connectivity index (χ4n) is 5.06. The molecule has 2 aromatic heterocycles. The van der Waals surface area contributed by atoms with Crippen molar-refractivity contribution in [3.8, 4) is 0 Å². The van der Waals surface area contributed by atoms with Crippen LogP contribution in [0, 0.1) is 5.92 Å². The van der Waals surface area contributed by atoms with E-state index in [-0.39, 0.29) is 36.1 Å². The van der Waals surface area contributed by atoms with E-state index in [9.17, 15) is 23.2 Å². The molecule has 0 spiro atoms. The number of furan rings is 1. The van der Waals surface area contributed by atoms with E-state index >= 15 is 0 Å². The van der Waals surface area contributed by atoms with E-state index in [0.29, 0.717) is 30.8 Å². The number of halogens is 2. The van der Waals surface area contributed by atoms with Gasteiger partial charge in [-0.15, -0.1) is 0 Å². The number of amides is 2. The minimum absolute atomic E-state index is 0.0782. The van der Waals surface area contributed by atoms with Crippen LogP contribution in [-0.4, -0.2) is 46.3 Å². The number of nitrogens with one attached hydrogen (secondary N) is 1. The smallest absolute Gasteiger partial charge is 0.257 e. The molecule has 5 rings (SSSR count). The van der Waals surface area contributed by atoms with Gasteiger partial charge in [-0.05, 0) is 18.6 Å². The van der Waals surface area contributed by atoms with Gasteiger partial charge in [-0.3, -0.25) is 19.0 Å². The molecule has 4 heterocycles. The van der Waals surface area contributed by atoms with Gasteiger partial charge < -0.3 is 14.6 Å². The number of alkyl halides is 2. The third-order valence-electron chi connectivity index (χ3n) is 6.41. The molecule has 2 aromatic rings. The maximum absolute atomic E-state index is 13.2. The zero-order valence-electron chi connectivity index (χ0n) is 16.1. The fourth-order valence-corrected chi connectivity index (χ4v) is 5.06. The van der Waals surface area contributed by atoms with Crippen LogP contribution in [0.3, 0.4) is 0 Å². The molecular formula is C21H21F2N3O4. The minimum Gasteiger partial charge on any atom is -0.472 e. The monoisotopic (exact) mass is 417 g/mol. The Hall–Kier alpha value is -2.97. The molecule has 1 saturated heterocycles. The Morgan fingerprint density at radius 1 is 1.17 bits per heavy atom. The number of nitrogens with zero attached hydrogens (tertiary/aromatic N) is 2. The second kappa shape index (κ2) is 6.78. The van der Waals surface area contributed by atoms with Crippen molar-refractivity contribution in [1.29, 1.82) is 0 Å². The predicted octanol–water partition coefficient (Wildman–Crippen LogP) is 2.16. The minimum atomic E-state index is -2.75. The van der Waals surface area contributed by atoms with Crippen molar-refractivity contribution in [3.63, 3.8) is 0 Å². The predicted molar refractivity (Wildman–Crippen MR) is 101 cm³/mol. The second-order valence-corrected chi connectivity index (χ2v) is 8.49. The molecular weight excluding hydrogens is 396 g/mol. The highest BCUT2D eigenvalue weighted by Gasteiger charge is 2.49. The molecule has 1 saturated carbocycles. The highest BCUT2D eigenvalue weighted by atomic mass is 19.3. The highest BCUT2D eigenvalue weighted by molar-refractivity contribution is 5.94. The van der Waals surface area contributed by atoms with Gasteiger partial charge in [0.25, 0.3) is 17.4 Å². The molecule has 1 N–H and O–H groups in total. The van der Waals surface area contributed by atoms with Crippen LogP contribution in [0.2, 0.25) is 0 Å². The van der Waals surface area contributed by atoms with Crippen LogP contribution in [0.4, 0.5) is 8.78 Å². The summed E-state index contributed by atoms with van der Waals surface area (Å²) in [6.45, 7) is 0.743. The second-order valence-electron chi connectivity index (χ2n) is 8.49. The zero-order valence-corrected chi connectivity index (χ0v) is 16.1. The summed E-state index contributed by atoms with van der Waals surface area (Å²) in [5.41, 5.74) is 0.830. The molecule has 3 aliphatic rings. The summed E-state index contributed by atoms with van der Waals surface area (Å²) in [4.78, 5) is 40.3. The first-order valence-electron chi connectivity index (χ1n) is 10.0. The third kappa shape index (κ3) is 3.12. The summed E-state index contributed by atoms with van der Waals surface area (Å²) in [6, 6.07) is 5.00. The van der Waals surface area contributed by atoms with Crippen LogP contribution < -0.4 is 10.9 Å². The van der Waals surface area contributed by atoms with Gasteiger partial charge in [-0.2, -0.15) is 0 Å². The van der Waals surface area contributed by atoms with Gasteiger partial charge in [-0.1, -0.05) is 6.07 Å². The van der Waals surface area contributed by atoms with Gasteiger partial charge in [0.05, 0.1) is 11.8 Å².